The molecule has 0 saturated heterocycles. The van der Waals surface area contributed by atoms with E-state index in [1.807, 2.05) is 12.1 Å². The molecule has 2 heterocycles. The number of ether oxygens (including phenoxy) is 2. The van der Waals surface area contributed by atoms with Crippen LogP contribution < -0.4 is 14.4 Å². The van der Waals surface area contributed by atoms with Crippen molar-refractivity contribution in [1.29, 1.82) is 0 Å². The smallest absolute Gasteiger partial charge is 0.166 e. The predicted octanol–water partition coefficient (Wildman–Crippen LogP) is 0.433. The van der Waals surface area contributed by atoms with Crippen LogP contribution in [0.2, 0.25) is 0 Å². The van der Waals surface area contributed by atoms with Crippen LogP contribution in [0.15, 0.2) is 24.3 Å². The zero-order valence-corrected chi connectivity index (χ0v) is 12.6. The second-order valence-corrected chi connectivity index (χ2v) is 6.57. The molecule has 4 heteroatoms. The van der Waals surface area contributed by atoms with Gasteiger partial charge in [0.1, 0.15) is 12.6 Å². The molecule has 1 unspecified atom stereocenters. The number of aliphatic hydroxyl groups excluding tert-OH is 1. The molecule has 1 aromatic carbocycles. The van der Waals surface area contributed by atoms with Gasteiger partial charge in [0.15, 0.2) is 11.5 Å². The minimum Gasteiger partial charge on any atom is -0.493 e. The highest BCUT2D eigenvalue weighted by Crippen LogP contribution is 2.54. The summed E-state index contributed by atoms with van der Waals surface area (Å²) in [6.45, 7) is 2.12. The molecular weight excluding hydrogens is 266 g/mol. The van der Waals surface area contributed by atoms with Crippen molar-refractivity contribution in [3.63, 3.8) is 0 Å². The highest BCUT2D eigenvalue weighted by molar-refractivity contribution is 5.60. The minimum atomic E-state index is -0.405. The summed E-state index contributed by atoms with van der Waals surface area (Å²) >= 11 is 0. The molecule has 0 radical (unpaired) electrons. The largest absolute Gasteiger partial charge is 0.493 e. The Balaban J connectivity index is 1.95. The summed E-state index contributed by atoms with van der Waals surface area (Å²) in [5.41, 5.74) is 2.56. The van der Waals surface area contributed by atoms with Crippen LogP contribution in [-0.4, -0.2) is 38.0 Å². The lowest BCUT2D eigenvalue weighted by Crippen LogP contribution is -3.07. The first-order valence-electron chi connectivity index (χ1n) is 7.70. The Hall–Kier alpha value is -1.52. The number of rotatable bonds is 1. The van der Waals surface area contributed by atoms with Crippen LogP contribution in [0, 0.1) is 0 Å². The van der Waals surface area contributed by atoms with E-state index in [1.54, 1.807) is 7.11 Å². The summed E-state index contributed by atoms with van der Waals surface area (Å²) in [6.07, 6.45) is 5.47. The molecule has 112 valence electrons. The zero-order valence-electron chi connectivity index (χ0n) is 12.6. The second kappa shape index (κ2) is 4.49. The van der Waals surface area contributed by atoms with Crippen LogP contribution in [0.5, 0.6) is 11.5 Å². The minimum absolute atomic E-state index is 0.0217. The molecule has 1 aliphatic carbocycles. The van der Waals surface area contributed by atoms with Crippen molar-refractivity contribution in [2.45, 2.75) is 37.0 Å². The van der Waals surface area contributed by atoms with Gasteiger partial charge in [0.2, 0.25) is 0 Å². The van der Waals surface area contributed by atoms with Gasteiger partial charge in [-0.2, -0.15) is 0 Å². The van der Waals surface area contributed by atoms with Crippen molar-refractivity contribution < 1.29 is 19.5 Å². The van der Waals surface area contributed by atoms with Crippen LogP contribution in [0.4, 0.5) is 0 Å². The van der Waals surface area contributed by atoms with E-state index < -0.39 is 6.10 Å². The SMILES string of the molecule is COc1ccc2c3c1O[C@@H]1C[C@H](O)C=C[C@]31CC[NH+](C)C2. The number of quaternary nitrogens is 1. The van der Waals surface area contributed by atoms with E-state index in [0.29, 0.717) is 6.42 Å². The Morgan fingerprint density at radius 2 is 2.29 bits per heavy atom. The fourth-order valence-electron chi connectivity index (χ4n) is 4.18. The summed E-state index contributed by atoms with van der Waals surface area (Å²) < 4.78 is 11.8. The summed E-state index contributed by atoms with van der Waals surface area (Å²) in [4.78, 5) is 1.52. The Bertz CT molecular complexity index is 612. The normalized spacial score (nSPS) is 36.4. The number of methoxy groups -OCH3 is 1. The number of benzene rings is 1. The molecule has 2 aliphatic heterocycles. The van der Waals surface area contributed by atoms with Crippen LogP contribution in [-0.2, 0) is 12.0 Å². The maximum absolute atomic E-state index is 9.98. The van der Waals surface area contributed by atoms with Gasteiger partial charge in [0.05, 0.1) is 32.2 Å². The van der Waals surface area contributed by atoms with Crippen LogP contribution >= 0.6 is 0 Å². The summed E-state index contributed by atoms with van der Waals surface area (Å²) in [5, 5.41) is 9.98. The first-order valence-corrected chi connectivity index (χ1v) is 7.70. The molecule has 0 fully saturated rings. The fraction of sp³-hybridized carbons (Fsp3) is 0.529. The molecule has 4 atom stereocenters. The molecule has 2 N–H and O–H groups in total. The van der Waals surface area contributed by atoms with E-state index >= 15 is 0 Å². The van der Waals surface area contributed by atoms with Crippen LogP contribution in [0.3, 0.4) is 0 Å². The molecule has 0 amide bonds. The van der Waals surface area contributed by atoms with Gasteiger partial charge in [-0.3, -0.25) is 0 Å². The third-order valence-electron chi connectivity index (χ3n) is 5.26. The van der Waals surface area contributed by atoms with Crippen molar-refractivity contribution >= 4 is 0 Å². The number of nitrogens with one attached hydrogen (secondary N) is 1. The molecule has 1 spiro atoms. The highest BCUT2D eigenvalue weighted by atomic mass is 16.5. The van der Waals surface area contributed by atoms with Crippen LogP contribution in [0.25, 0.3) is 0 Å². The van der Waals surface area contributed by atoms with Gasteiger partial charge in [-0.15, -0.1) is 0 Å². The first-order chi connectivity index (χ1) is 10.1. The Kier molecular flexibility index (Phi) is 2.81. The number of hydrogen-bond donors (Lipinski definition) is 2. The van der Waals surface area contributed by atoms with Crippen molar-refractivity contribution in [2.24, 2.45) is 0 Å². The maximum Gasteiger partial charge on any atom is 0.166 e. The molecule has 0 aromatic heterocycles. The molecule has 4 nitrogen and oxygen atoms in total. The molecule has 21 heavy (non-hydrogen) atoms. The van der Waals surface area contributed by atoms with E-state index in [1.165, 1.54) is 16.0 Å². The molecule has 4 rings (SSSR count). The topological polar surface area (TPSA) is 43.1 Å². The summed E-state index contributed by atoms with van der Waals surface area (Å²) in [6, 6.07) is 4.19. The first kappa shape index (κ1) is 13.2. The van der Waals surface area contributed by atoms with Gasteiger partial charge in [-0.1, -0.05) is 12.2 Å². The van der Waals surface area contributed by atoms with Gasteiger partial charge >= 0.3 is 0 Å². The lowest BCUT2D eigenvalue weighted by Gasteiger charge is -2.35. The van der Waals surface area contributed by atoms with E-state index in [-0.39, 0.29) is 11.5 Å². The third kappa shape index (κ3) is 1.75. The Morgan fingerprint density at radius 1 is 1.43 bits per heavy atom. The monoisotopic (exact) mass is 288 g/mol. The second-order valence-electron chi connectivity index (χ2n) is 6.57. The number of aliphatic hydroxyl groups is 1. The van der Waals surface area contributed by atoms with E-state index in [9.17, 15) is 5.11 Å². The lowest BCUT2D eigenvalue weighted by molar-refractivity contribution is -0.893. The van der Waals surface area contributed by atoms with Gasteiger partial charge in [0, 0.05) is 24.0 Å². The van der Waals surface area contributed by atoms with Gasteiger partial charge in [0.25, 0.3) is 0 Å². The predicted molar refractivity (Wildman–Crippen MR) is 78.9 cm³/mol. The van der Waals surface area contributed by atoms with Crippen molar-refractivity contribution in [3.05, 3.63) is 35.4 Å². The van der Waals surface area contributed by atoms with Crippen molar-refractivity contribution in [1.82, 2.24) is 0 Å². The fourth-order valence-corrected chi connectivity index (χ4v) is 4.18. The molecular formula is C17H22NO3+. The van der Waals surface area contributed by atoms with E-state index in [2.05, 4.69) is 19.2 Å². The lowest BCUT2D eigenvalue weighted by atomic mass is 9.69. The molecule has 0 bridgehead atoms. The summed E-state index contributed by atoms with van der Waals surface area (Å²) in [5.74, 6) is 1.71. The van der Waals surface area contributed by atoms with Gasteiger partial charge < -0.3 is 19.5 Å². The van der Waals surface area contributed by atoms with E-state index in [0.717, 1.165) is 31.0 Å². The molecule has 1 aromatic rings. The molecule has 0 saturated carbocycles. The van der Waals surface area contributed by atoms with Crippen molar-refractivity contribution in [3.8, 4) is 11.5 Å². The van der Waals surface area contributed by atoms with Gasteiger partial charge in [-0.25, -0.2) is 0 Å². The highest BCUT2D eigenvalue weighted by Gasteiger charge is 2.53. The quantitative estimate of drug-likeness (QED) is 0.737. The maximum atomic E-state index is 9.98. The van der Waals surface area contributed by atoms with Crippen LogP contribution in [0.1, 0.15) is 24.0 Å². The summed E-state index contributed by atoms with van der Waals surface area (Å²) in [7, 11) is 3.93. The number of hydrogen-bond acceptors (Lipinski definition) is 3. The Morgan fingerprint density at radius 3 is 3.10 bits per heavy atom. The zero-order chi connectivity index (χ0) is 14.6. The standard InChI is InChI=1S/C17H21NO3/c1-18-8-7-17-6-5-12(19)9-14(17)21-16-13(20-2)4-3-11(10-18)15(16)17/h3-6,12,14,19H,7-10H2,1-2H3/p+1/t12-,14-,17-/m1/s1. The van der Waals surface area contributed by atoms with E-state index in [4.69, 9.17) is 9.47 Å². The van der Waals surface area contributed by atoms with Crippen molar-refractivity contribution in [2.75, 3.05) is 20.7 Å². The average molecular weight is 288 g/mol. The Labute approximate surface area is 125 Å². The molecule has 3 aliphatic rings. The third-order valence-corrected chi connectivity index (χ3v) is 5.26. The average Bonchev–Trinajstić information content (AvgIpc) is 2.72. The van der Waals surface area contributed by atoms with Gasteiger partial charge in [-0.05, 0) is 12.1 Å².